The van der Waals surface area contributed by atoms with Crippen molar-refractivity contribution in [3.05, 3.63) is 28.8 Å². The van der Waals surface area contributed by atoms with E-state index in [0.717, 1.165) is 0 Å². The standard InChI is InChI=1S/C10H7NO3S/c1-14-10(13)6-2-7(4-11)8(5-12)9(15)3-6/h2-3,5,15H,1H3. The first kappa shape index (κ1) is 11.3. The van der Waals surface area contributed by atoms with Crippen molar-refractivity contribution in [2.24, 2.45) is 0 Å². The summed E-state index contributed by atoms with van der Waals surface area (Å²) in [6, 6.07) is 4.51. The van der Waals surface area contributed by atoms with Crippen LogP contribution in [0.15, 0.2) is 17.0 Å². The maximum absolute atomic E-state index is 11.2. The summed E-state index contributed by atoms with van der Waals surface area (Å²) in [5.74, 6) is -0.570. The normalized spacial score (nSPS) is 9.13. The second kappa shape index (κ2) is 4.62. The number of hydrogen-bond acceptors (Lipinski definition) is 5. The third-order valence-electron chi connectivity index (χ3n) is 1.82. The number of thiol groups is 1. The van der Waals surface area contributed by atoms with Crippen molar-refractivity contribution >= 4 is 24.9 Å². The molecule has 0 fully saturated rings. The van der Waals surface area contributed by atoms with Crippen LogP contribution in [0.3, 0.4) is 0 Å². The van der Waals surface area contributed by atoms with E-state index in [1.54, 1.807) is 0 Å². The minimum atomic E-state index is -0.570. The van der Waals surface area contributed by atoms with Gasteiger partial charge in [0.2, 0.25) is 0 Å². The molecule has 0 atom stereocenters. The van der Waals surface area contributed by atoms with Crippen molar-refractivity contribution in [3.63, 3.8) is 0 Å². The lowest BCUT2D eigenvalue weighted by atomic mass is 10.1. The number of nitrogens with zero attached hydrogens (tertiary/aromatic N) is 1. The summed E-state index contributed by atoms with van der Waals surface area (Å²) in [6.45, 7) is 0. The first-order valence-corrected chi connectivity index (χ1v) is 4.39. The molecule has 0 heterocycles. The highest BCUT2D eigenvalue weighted by molar-refractivity contribution is 7.80. The molecule has 1 aromatic rings. The van der Waals surface area contributed by atoms with Crippen LogP contribution in [-0.2, 0) is 4.74 Å². The smallest absolute Gasteiger partial charge is 0.337 e. The van der Waals surface area contributed by atoms with Crippen LogP contribution in [0, 0.1) is 11.3 Å². The summed E-state index contributed by atoms with van der Waals surface area (Å²) in [4.78, 5) is 22.1. The Hall–Kier alpha value is -1.80. The van der Waals surface area contributed by atoms with Crippen molar-refractivity contribution in [1.29, 1.82) is 5.26 Å². The van der Waals surface area contributed by atoms with Gasteiger partial charge in [0.05, 0.1) is 24.3 Å². The molecular formula is C10H7NO3S. The number of hydrogen-bond donors (Lipinski definition) is 1. The third-order valence-corrected chi connectivity index (χ3v) is 2.19. The number of benzene rings is 1. The molecule has 15 heavy (non-hydrogen) atoms. The van der Waals surface area contributed by atoms with Gasteiger partial charge in [-0.15, -0.1) is 12.6 Å². The van der Waals surface area contributed by atoms with Gasteiger partial charge in [-0.25, -0.2) is 4.79 Å². The van der Waals surface area contributed by atoms with E-state index in [-0.39, 0.29) is 21.6 Å². The average molecular weight is 221 g/mol. The Bertz CT molecular complexity index is 462. The number of aldehydes is 1. The first-order valence-electron chi connectivity index (χ1n) is 3.94. The van der Waals surface area contributed by atoms with Gasteiger partial charge in [0.15, 0.2) is 6.29 Å². The predicted octanol–water partition coefficient (Wildman–Crippen LogP) is 1.45. The highest BCUT2D eigenvalue weighted by Crippen LogP contribution is 2.19. The maximum Gasteiger partial charge on any atom is 0.337 e. The molecule has 76 valence electrons. The molecule has 0 aliphatic heterocycles. The van der Waals surface area contributed by atoms with Gasteiger partial charge in [0.25, 0.3) is 0 Å². The Balaban J connectivity index is 3.40. The summed E-state index contributed by atoms with van der Waals surface area (Å²) in [6.07, 6.45) is 0.530. The maximum atomic E-state index is 11.2. The van der Waals surface area contributed by atoms with Gasteiger partial charge in [-0.05, 0) is 12.1 Å². The lowest BCUT2D eigenvalue weighted by molar-refractivity contribution is 0.0600. The van der Waals surface area contributed by atoms with E-state index in [1.165, 1.54) is 19.2 Å². The van der Waals surface area contributed by atoms with Crippen molar-refractivity contribution in [2.75, 3.05) is 7.11 Å². The zero-order valence-electron chi connectivity index (χ0n) is 7.85. The highest BCUT2D eigenvalue weighted by atomic mass is 32.1. The Morgan fingerprint density at radius 1 is 1.60 bits per heavy atom. The summed E-state index contributed by atoms with van der Waals surface area (Å²) in [5, 5.41) is 8.76. The number of ether oxygens (including phenoxy) is 1. The summed E-state index contributed by atoms with van der Waals surface area (Å²) in [5.41, 5.74) is 0.482. The second-order valence-corrected chi connectivity index (χ2v) is 3.16. The highest BCUT2D eigenvalue weighted by Gasteiger charge is 2.12. The van der Waals surface area contributed by atoms with Gasteiger partial charge < -0.3 is 4.74 Å². The Kier molecular flexibility index (Phi) is 3.47. The fourth-order valence-corrected chi connectivity index (χ4v) is 1.40. The summed E-state index contributed by atoms with van der Waals surface area (Å²) in [7, 11) is 1.24. The molecule has 0 saturated heterocycles. The number of methoxy groups -OCH3 is 1. The molecule has 4 nitrogen and oxygen atoms in total. The molecule has 0 unspecified atom stereocenters. The van der Waals surface area contributed by atoms with Crippen LogP contribution in [-0.4, -0.2) is 19.4 Å². The van der Waals surface area contributed by atoms with E-state index in [0.29, 0.717) is 6.29 Å². The molecule has 0 saturated carbocycles. The van der Waals surface area contributed by atoms with Crippen molar-refractivity contribution in [1.82, 2.24) is 0 Å². The quantitative estimate of drug-likeness (QED) is 0.466. The minimum Gasteiger partial charge on any atom is -0.465 e. The first-order chi connectivity index (χ1) is 7.13. The van der Waals surface area contributed by atoms with Crippen molar-refractivity contribution in [2.45, 2.75) is 4.90 Å². The summed E-state index contributed by atoms with van der Waals surface area (Å²) < 4.78 is 4.49. The molecule has 1 rings (SSSR count). The van der Waals surface area contributed by atoms with E-state index in [1.807, 2.05) is 6.07 Å². The average Bonchev–Trinajstić information content (AvgIpc) is 2.26. The molecule has 0 radical (unpaired) electrons. The van der Waals surface area contributed by atoms with Crippen LogP contribution in [0.1, 0.15) is 26.3 Å². The fourth-order valence-electron chi connectivity index (χ4n) is 1.09. The van der Waals surface area contributed by atoms with Gasteiger partial charge in [0, 0.05) is 10.5 Å². The van der Waals surface area contributed by atoms with Crippen LogP contribution >= 0.6 is 12.6 Å². The molecule has 0 N–H and O–H groups in total. The van der Waals surface area contributed by atoms with Crippen LogP contribution in [0.2, 0.25) is 0 Å². The monoisotopic (exact) mass is 221 g/mol. The van der Waals surface area contributed by atoms with E-state index >= 15 is 0 Å². The third kappa shape index (κ3) is 2.17. The molecule has 0 aliphatic carbocycles. The molecule has 0 spiro atoms. The predicted molar refractivity (Wildman–Crippen MR) is 55.1 cm³/mol. The molecule has 5 heteroatoms. The topological polar surface area (TPSA) is 67.2 Å². The second-order valence-electron chi connectivity index (χ2n) is 2.68. The molecule has 0 bridgehead atoms. The number of rotatable bonds is 2. The van der Waals surface area contributed by atoms with Crippen LogP contribution in [0.25, 0.3) is 0 Å². The molecule has 1 aromatic carbocycles. The zero-order chi connectivity index (χ0) is 11.4. The number of carbonyl (C=O) groups is 2. The fraction of sp³-hybridized carbons (Fsp3) is 0.100. The largest absolute Gasteiger partial charge is 0.465 e. The zero-order valence-corrected chi connectivity index (χ0v) is 8.75. The van der Waals surface area contributed by atoms with Crippen LogP contribution in [0.5, 0.6) is 0 Å². The van der Waals surface area contributed by atoms with Crippen LogP contribution < -0.4 is 0 Å². The van der Waals surface area contributed by atoms with Crippen molar-refractivity contribution < 1.29 is 14.3 Å². The lowest BCUT2D eigenvalue weighted by Gasteiger charge is -2.04. The van der Waals surface area contributed by atoms with E-state index in [2.05, 4.69) is 17.4 Å². The van der Waals surface area contributed by atoms with Gasteiger partial charge in [-0.1, -0.05) is 0 Å². The van der Waals surface area contributed by atoms with E-state index < -0.39 is 5.97 Å². The van der Waals surface area contributed by atoms with Gasteiger partial charge in [-0.3, -0.25) is 4.79 Å². The van der Waals surface area contributed by atoms with E-state index in [9.17, 15) is 9.59 Å². The Morgan fingerprint density at radius 3 is 2.73 bits per heavy atom. The van der Waals surface area contributed by atoms with Gasteiger partial charge >= 0.3 is 5.97 Å². The van der Waals surface area contributed by atoms with Gasteiger partial charge in [-0.2, -0.15) is 5.26 Å². The molecule has 0 aliphatic rings. The summed E-state index contributed by atoms with van der Waals surface area (Å²) >= 11 is 4.01. The SMILES string of the molecule is COC(=O)c1cc(S)c(C=O)c(C#N)c1. The number of esters is 1. The minimum absolute atomic E-state index is 0.109. The van der Waals surface area contributed by atoms with E-state index in [4.69, 9.17) is 5.26 Å². The number of carbonyl (C=O) groups excluding carboxylic acids is 2. The van der Waals surface area contributed by atoms with Crippen LogP contribution in [0.4, 0.5) is 0 Å². The lowest BCUT2D eigenvalue weighted by Crippen LogP contribution is -2.03. The molecule has 0 aromatic heterocycles. The molecular weight excluding hydrogens is 214 g/mol. The molecule has 0 amide bonds. The van der Waals surface area contributed by atoms with Crippen molar-refractivity contribution in [3.8, 4) is 6.07 Å². The Morgan fingerprint density at radius 2 is 2.27 bits per heavy atom. The van der Waals surface area contributed by atoms with Gasteiger partial charge in [0.1, 0.15) is 0 Å². The number of nitriles is 1. The Labute approximate surface area is 91.9 Å².